The quantitative estimate of drug-likeness (QED) is 0.572. The van der Waals surface area contributed by atoms with Crippen LogP contribution in [0.2, 0.25) is 0 Å². The maximum atomic E-state index is 11.4. The minimum absolute atomic E-state index is 0.0171. The summed E-state index contributed by atoms with van der Waals surface area (Å²) in [6, 6.07) is 0. The standard InChI is InChI=1S/C10H14O3/c1-6-5-7-3-2-4-8(11)9(7)10(12)13-6/h6,8,11H,2-5H2,1H3/t6-,8+/m1/s1. The van der Waals surface area contributed by atoms with Gasteiger partial charge in [0.1, 0.15) is 6.10 Å². The molecule has 3 heteroatoms. The van der Waals surface area contributed by atoms with Gasteiger partial charge in [-0.2, -0.15) is 0 Å². The van der Waals surface area contributed by atoms with Gasteiger partial charge in [-0.1, -0.05) is 5.57 Å². The Morgan fingerprint density at radius 2 is 2.31 bits per heavy atom. The van der Waals surface area contributed by atoms with Crippen LogP contribution in [0.5, 0.6) is 0 Å². The summed E-state index contributed by atoms with van der Waals surface area (Å²) in [6.45, 7) is 1.89. The number of ether oxygens (including phenoxy) is 1. The third kappa shape index (κ3) is 1.48. The van der Waals surface area contributed by atoms with Crippen molar-refractivity contribution in [3.05, 3.63) is 11.1 Å². The molecule has 1 N–H and O–H groups in total. The van der Waals surface area contributed by atoms with E-state index >= 15 is 0 Å². The van der Waals surface area contributed by atoms with Gasteiger partial charge in [0.05, 0.1) is 11.7 Å². The van der Waals surface area contributed by atoms with E-state index in [9.17, 15) is 9.90 Å². The summed E-state index contributed by atoms with van der Waals surface area (Å²) in [5, 5.41) is 9.60. The van der Waals surface area contributed by atoms with Crippen LogP contribution in [0.4, 0.5) is 0 Å². The van der Waals surface area contributed by atoms with E-state index in [1.54, 1.807) is 0 Å². The van der Waals surface area contributed by atoms with Crippen LogP contribution >= 0.6 is 0 Å². The lowest BCUT2D eigenvalue weighted by molar-refractivity contribution is -0.146. The van der Waals surface area contributed by atoms with Crippen molar-refractivity contribution < 1.29 is 14.6 Å². The Labute approximate surface area is 77.4 Å². The Morgan fingerprint density at radius 3 is 3.08 bits per heavy atom. The lowest BCUT2D eigenvalue weighted by Crippen LogP contribution is -2.32. The molecule has 2 rings (SSSR count). The van der Waals surface area contributed by atoms with Gasteiger partial charge in [-0.25, -0.2) is 4.79 Å². The van der Waals surface area contributed by atoms with Crippen LogP contribution in [-0.4, -0.2) is 23.3 Å². The second-order valence-electron chi connectivity index (χ2n) is 3.85. The highest BCUT2D eigenvalue weighted by molar-refractivity contribution is 5.91. The number of esters is 1. The number of aliphatic hydroxyl groups excluding tert-OH is 1. The second kappa shape index (κ2) is 3.14. The van der Waals surface area contributed by atoms with Crippen LogP contribution in [0, 0.1) is 0 Å². The van der Waals surface area contributed by atoms with Gasteiger partial charge < -0.3 is 9.84 Å². The third-order valence-corrected chi connectivity index (χ3v) is 2.73. The minimum Gasteiger partial charge on any atom is -0.459 e. The van der Waals surface area contributed by atoms with E-state index in [1.807, 2.05) is 6.92 Å². The van der Waals surface area contributed by atoms with Gasteiger partial charge in [-0.3, -0.25) is 0 Å². The van der Waals surface area contributed by atoms with E-state index in [0.717, 1.165) is 24.8 Å². The van der Waals surface area contributed by atoms with Gasteiger partial charge in [-0.05, 0) is 26.2 Å². The molecule has 1 heterocycles. The number of rotatable bonds is 0. The molecule has 0 unspecified atom stereocenters. The summed E-state index contributed by atoms with van der Waals surface area (Å²) >= 11 is 0. The number of hydrogen-bond donors (Lipinski definition) is 1. The first-order valence-corrected chi connectivity index (χ1v) is 4.79. The van der Waals surface area contributed by atoms with Crippen molar-refractivity contribution in [3.63, 3.8) is 0 Å². The van der Waals surface area contributed by atoms with Gasteiger partial charge in [-0.15, -0.1) is 0 Å². The van der Waals surface area contributed by atoms with Gasteiger partial charge in [0.15, 0.2) is 0 Å². The van der Waals surface area contributed by atoms with Gasteiger partial charge >= 0.3 is 5.97 Å². The largest absolute Gasteiger partial charge is 0.459 e. The molecule has 3 nitrogen and oxygen atoms in total. The second-order valence-corrected chi connectivity index (χ2v) is 3.85. The summed E-state index contributed by atoms with van der Waals surface area (Å²) in [4.78, 5) is 11.4. The average molecular weight is 182 g/mol. The van der Waals surface area contributed by atoms with Crippen molar-refractivity contribution >= 4 is 5.97 Å². The van der Waals surface area contributed by atoms with E-state index in [-0.39, 0.29) is 12.1 Å². The van der Waals surface area contributed by atoms with Crippen molar-refractivity contribution in [2.24, 2.45) is 0 Å². The van der Waals surface area contributed by atoms with Crippen LogP contribution in [0.3, 0.4) is 0 Å². The smallest absolute Gasteiger partial charge is 0.336 e. The van der Waals surface area contributed by atoms with Crippen LogP contribution in [0.1, 0.15) is 32.6 Å². The number of carbonyl (C=O) groups excluding carboxylic acids is 1. The zero-order valence-electron chi connectivity index (χ0n) is 7.75. The Balaban J connectivity index is 2.32. The molecule has 0 aromatic carbocycles. The third-order valence-electron chi connectivity index (χ3n) is 2.73. The molecule has 0 aromatic rings. The Bertz CT molecular complexity index is 267. The number of carbonyl (C=O) groups is 1. The first-order chi connectivity index (χ1) is 6.18. The summed E-state index contributed by atoms with van der Waals surface area (Å²) in [5.41, 5.74) is 1.66. The van der Waals surface area contributed by atoms with Gasteiger partial charge in [0, 0.05) is 6.42 Å². The summed E-state index contributed by atoms with van der Waals surface area (Å²) in [7, 11) is 0. The molecule has 0 saturated carbocycles. The van der Waals surface area contributed by atoms with E-state index in [0.29, 0.717) is 12.0 Å². The molecular formula is C10H14O3. The number of aliphatic hydroxyl groups is 1. The van der Waals surface area contributed by atoms with Crippen molar-refractivity contribution in [1.82, 2.24) is 0 Å². The highest BCUT2D eigenvalue weighted by Gasteiger charge is 2.33. The topological polar surface area (TPSA) is 46.5 Å². The molecule has 0 saturated heterocycles. The molecular weight excluding hydrogens is 168 g/mol. The molecule has 0 amide bonds. The van der Waals surface area contributed by atoms with Crippen molar-refractivity contribution in [2.75, 3.05) is 0 Å². The molecule has 1 aliphatic carbocycles. The fourth-order valence-corrected chi connectivity index (χ4v) is 2.15. The summed E-state index contributed by atoms with van der Waals surface area (Å²) in [6.07, 6.45) is 2.84. The Kier molecular flexibility index (Phi) is 2.12. The normalized spacial score (nSPS) is 34.2. The lowest BCUT2D eigenvalue weighted by atomic mass is 9.85. The predicted molar refractivity (Wildman–Crippen MR) is 47.1 cm³/mol. The number of hydrogen-bond acceptors (Lipinski definition) is 3. The molecule has 0 aromatic heterocycles. The minimum atomic E-state index is -0.580. The van der Waals surface area contributed by atoms with Crippen molar-refractivity contribution in [2.45, 2.75) is 44.8 Å². The Hall–Kier alpha value is -0.830. The monoisotopic (exact) mass is 182 g/mol. The van der Waals surface area contributed by atoms with Crippen LogP contribution in [0.15, 0.2) is 11.1 Å². The highest BCUT2D eigenvalue weighted by atomic mass is 16.5. The zero-order chi connectivity index (χ0) is 9.42. The predicted octanol–water partition coefficient (Wildman–Crippen LogP) is 1.16. The van der Waals surface area contributed by atoms with Gasteiger partial charge in [0.25, 0.3) is 0 Å². The zero-order valence-corrected chi connectivity index (χ0v) is 7.75. The van der Waals surface area contributed by atoms with Crippen molar-refractivity contribution in [1.29, 1.82) is 0 Å². The van der Waals surface area contributed by atoms with E-state index in [4.69, 9.17) is 4.74 Å². The molecule has 2 atom stereocenters. The summed E-state index contributed by atoms with van der Waals surface area (Å²) in [5.74, 6) is -0.305. The average Bonchev–Trinajstić information content (AvgIpc) is 2.02. The molecule has 0 spiro atoms. The van der Waals surface area contributed by atoms with Crippen LogP contribution < -0.4 is 0 Å². The summed E-state index contributed by atoms with van der Waals surface area (Å²) < 4.78 is 5.07. The fraction of sp³-hybridized carbons (Fsp3) is 0.700. The first kappa shape index (κ1) is 8.75. The maximum absolute atomic E-state index is 11.4. The molecule has 0 radical (unpaired) electrons. The van der Waals surface area contributed by atoms with Gasteiger partial charge in [0.2, 0.25) is 0 Å². The van der Waals surface area contributed by atoms with E-state index < -0.39 is 6.10 Å². The maximum Gasteiger partial charge on any atom is 0.336 e. The van der Waals surface area contributed by atoms with Crippen LogP contribution in [-0.2, 0) is 9.53 Å². The fourth-order valence-electron chi connectivity index (χ4n) is 2.15. The van der Waals surface area contributed by atoms with Crippen molar-refractivity contribution in [3.8, 4) is 0 Å². The number of cyclic esters (lactones) is 1. The molecule has 0 bridgehead atoms. The van der Waals surface area contributed by atoms with E-state index in [1.165, 1.54) is 0 Å². The molecule has 13 heavy (non-hydrogen) atoms. The molecule has 72 valence electrons. The molecule has 1 aliphatic heterocycles. The van der Waals surface area contributed by atoms with E-state index in [2.05, 4.69) is 0 Å². The first-order valence-electron chi connectivity index (χ1n) is 4.79. The molecule has 2 aliphatic rings. The van der Waals surface area contributed by atoms with Crippen LogP contribution in [0.25, 0.3) is 0 Å². The lowest BCUT2D eigenvalue weighted by Gasteiger charge is -2.30. The molecule has 0 fully saturated rings. The highest BCUT2D eigenvalue weighted by Crippen LogP contribution is 2.33. The SMILES string of the molecule is C[C@@H]1CC2=C(C(=O)O1)[C@@H](O)CCC2. The Morgan fingerprint density at radius 1 is 1.54 bits per heavy atom.